The minimum atomic E-state index is -0.0208. The number of hydrogen-bond acceptors (Lipinski definition) is 5. The van der Waals surface area contributed by atoms with Gasteiger partial charge in [-0.25, -0.2) is 4.98 Å². The number of methoxy groups -OCH3 is 1. The fourth-order valence-electron chi connectivity index (χ4n) is 3.21. The number of hydrogen-bond donors (Lipinski definition) is 1. The van der Waals surface area contributed by atoms with Crippen molar-refractivity contribution in [2.45, 2.75) is 51.1 Å². The maximum absolute atomic E-state index is 12.3. The molecule has 0 amide bonds. The minimum Gasteiger partial charge on any atom is -0.383 e. The molecule has 6 heteroatoms. The Kier molecular flexibility index (Phi) is 7.05. The van der Waals surface area contributed by atoms with Crippen LogP contribution in [-0.4, -0.2) is 48.4 Å². The molecule has 2 atom stereocenters. The highest BCUT2D eigenvalue weighted by Gasteiger charge is 2.24. The van der Waals surface area contributed by atoms with Gasteiger partial charge in [-0.3, -0.25) is 4.79 Å². The first kappa shape index (κ1) is 17.9. The fraction of sp³-hybridized carbons (Fsp3) is 0.765. The molecular weight excluding hydrogens is 292 g/mol. The number of rotatable bonds is 8. The second kappa shape index (κ2) is 9.03. The number of nitrogens with one attached hydrogen (secondary N) is 1. The molecule has 1 aliphatic rings. The lowest BCUT2D eigenvalue weighted by molar-refractivity contribution is 0.153. The van der Waals surface area contributed by atoms with Gasteiger partial charge in [0.15, 0.2) is 5.82 Å². The molecule has 1 aliphatic heterocycles. The third kappa shape index (κ3) is 5.04. The van der Waals surface area contributed by atoms with Crippen LogP contribution in [0.1, 0.15) is 39.0 Å². The first-order chi connectivity index (χ1) is 11.2. The SMILES string of the molecule is CCCC[C@@H](COC)N[C@@H]1CCCN(c2nccn(C)c2=O)C1. The molecule has 0 radical (unpaired) electrons. The molecular formula is C17H30N4O2. The number of anilines is 1. The van der Waals surface area contributed by atoms with Gasteiger partial charge >= 0.3 is 0 Å². The summed E-state index contributed by atoms with van der Waals surface area (Å²) in [6, 6.07) is 0.768. The van der Waals surface area contributed by atoms with E-state index in [4.69, 9.17) is 4.74 Å². The Morgan fingerprint density at radius 1 is 1.52 bits per heavy atom. The Balaban J connectivity index is 1.99. The summed E-state index contributed by atoms with van der Waals surface area (Å²) in [5.41, 5.74) is -0.0208. The number of ether oxygens (including phenoxy) is 1. The summed E-state index contributed by atoms with van der Waals surface area (Å²) < 4.78 is 6.94. The van der Waals surface area contributed by atoms with Gasteiger partial charge in [-0.2, -0.15) is 0 Å². The molecule has 1 aromatic heterocycles. The van der Waals surface area contributed by atoms with Crippen molar-refractivity contribution in [2.24, 2.45) is 7.05 Å². The summed E-state index contributed by atoms with van der Waals surface area (Å²) in [5, 5.41) is 3.72. The van der Waals surface area contributed by atoms with Crippen molar-refractivity contribution in [3.63, 3.8) is 0 Å². The van der Waals surface area contributed by atoms with Gasteiger partial charge < -0.3 is 19.5 Å². The van der Waals surface area contributed by atoms with Crippen LogP contribution in [0.15, 0.2) is 17.2 Å². The van der Waals surface area contributed by atoms with E-state index in [1.165, 1.54) is 12.8 Å². The highest BCUT2D eigenvalue weighted by molar-refractivity contribution is 5.36. The van der Waals surface area contributed by atoms with Gasteiger partial charge in [0.2, 0.25) is 0 Å². The van der Waals surface area contributed by atoms with E-state index in [1.807, 2.05) is 0 Å². The molecule has 0 bridgehead atoms. The van der Waals surface area contributed by atoms with Crippen molar-refractivity contribution in [1.29, 1.82) is 0 Å². The van der Waals surface area contributed by atoms with Gasteiger partial charge in [0.05, 0.1) is 6.61 Å². The van der Waals surface area contributed by atoms with Crippen LogP contribution < -0.4 is 15.8 Å². The van der Waals surface area contributed by atoms with Crippen LogP contribution in [0.25, 0.3) is 0 Å². The van der Waals surface area contributed by atoms with Crippen LogP contribution in [0.3, 0.4) is 0 Å². The Hall–Kier alpha value is -1.40. The normalized spacial score (nSPS) is 19.8. The van der Waals surface area contributed by atoms with E-state index in [2.05, 4.69) is 22.1 Å². The molecule has 1 N–H and O–H groups in total. The first-order valence-corrected chi connectivity index (χ1v) is 8.67. The van der Waals surface area contributed by atoms with Crippen LogP contribution in [0.2, 0.25) is 0 Å². The smallest absolute Gasteiger partial charge is 0.293 e. The van der Waals surface area contributed by atoms with Crippen LogP contribution in [-0.2, 0) is 11.8 Å². The minimum absolute atomic E-state index is 0.0208. The summed E-state index contributed by atoms with van der Waals surface area (Å²) in [6.07, 6.45) is 9.14. The topological polar surface area (TPSA) is 59.4 Å². The first-order valence-electron chi connectivity index (χ1n) is 8.67. The lowest BCUT2D eigenvalue weighted by Gasteiger charge is -2.35. The lowest BCUT2D eigenvalue weighted by atomic mass is 10.0. The number of unbranched alkanes of at least 4 members (excludes halogenated alkanes) is 1. The van der Waals surface area contributed by atoms with E-state index in [0.717, 1.165) is 39.0 Å². The van der Waals surface area contributed by atoms with Crippen molar-refractivity contribution in [3.05, 3.63) is 22.7 Å². The average Bonchev–Trinajstić information content (AvgIpc) is 2.55. The Labute approximate surface area is 138 Å². The van der Waals surface area contributed by atoms with Crippen molar-refractivity contribution in [1.82, 2.24) is 14.9 Å². The summed E-state index contributed by atoms with van der Waals surface area (Å²) >= 11 is 0. The van der Waals surface area contributed by atoms with Crippen molar-refractivity contribution >= 4 is 5.82 Å². The van der Waals surface area contributed by atoms with Crippen molar-refractivity contribution in [3.8, 4) is 0 Å². The van der Waals surface area contributed by atoms with E-state index < -0.39 is 0 Å². The third-order valence-electron chi connectivity index (χ3n) is 4.47. The second-order valence-electron chi connectivity index (χ2n) is 6.41. The van der Waals surface area contributed by atoms with E-state index in [-0.39, 0.29) is 5.56 Å². The molecule has 0 unspecified atom stereocenters. The molecule has 0 aromatic carbocycles. The zero-order valence-electron chi connectivity index (χ0n) is 14.6. The number of aromatic nitrogens is 2. The van der Waals surface area contributed by atoms with Crippen molar-refractivity contribution < 1.29 is 4.74 Å². The van der Waals surface area contributed by atoms with Gasteiger partial charge in [0, 0.05) is 51.7 Å². The Morgan fingerprint density at radius 2 is 2.35 bits per heavy atom. The van der Waals surface area contributed by atoms with Crippen LogP contribution in [0, 0.1) is 0 Å². The maximum atomic E-state index is 12.3. The number of piperidine rings is 1. The zero-order chi connectivity index (χ0) is 16.7. The second-order valence-corrected chi connectivity index (χ2v) is 6.41. The summed E-state index contributed by atoms with van der Waals surface area (Å²) in [5.74, 6) is 0.568. The monoisotopic (exact) mass is 322 g/mol. The molecule has 0 aliphatic carbocycles. The van der Waals surface area contributed by atoms with E-state index in [1.54, 1.807) is 31.1 Å². The zero-order valence-corrected chi connectivity index (χ0v) is 14.6. The van der Waals surface area contributed by atoms with Crippen LogP contribution in [0.4, 0.5) is 5.82 Å². The van der Waals surface area contributed by atoms with Crippen LogP contribution >= 0.6 is 0 Å². The summed E-state index contributed by atoms with van der Waals surface area (Å²) in [4.78, 5) is 18.7. The molecule has 6 nitrogen and oxygen atoms in total. The summed E-state index contributed by atoms with van der Waals surface area (Å²) in [6.45, 7) is 4.68. The van der Waals surface area contributed by atoms with E-state index in [9.17, 15) is 4.79 Å². The highest BCUT2D eigenvalue weighted by Crippen LogP contribution is 2.16. The molecule has 23 heavy (non-hydrogen) atoms. The highest BCUT2D eigenvalue weighted by atomic mass is 16.5. The molecule has 2 heterocycles. The molecule has 0 saturated carbocycles. The predicted molar refractivity (Wildman–Crippen MR) is 93.0 cm³/mol. The van der Waals surface area contributed by atoms with Gasteiger partial charge in [-0.15, -0.1) is 0 Å². The molecule has 0 spiro atoms. The predicted octanol–water partition coefficient (Wildman–Crippen LogP) is 1.54. The standard InChI is InChI=1S/C17H30N4O2/c1-4-5-7-15(13-23-3)19-14-8-6-10-21(12-14)16-17(22)20(2)11-9-18-16/h9,11,14-15,19H,4-8,10,12-13H2,1-3H3/t14-,15+/m1/s1. The Morgan fingerprint density at radius 3 is 3.09 bits per heavy atom. The summed E-state index contributed by atoms with van der Waals surface area (Å²) in [7, 11) is 3.53. The number of aryl methyl sites for hydroxylation is 1. The van der Waals surface area contributed by atoms with Gasteiger partial charge in [0.25, 0.3) is 5.56 Å². The van der Waals surface area contributed by atoms with E-state index >= 15 is 0 Å². The van der Waals surface area contributed by atoms with Crippen LogP contribution in [0.5, 0.6) is 0 Å². The fourth-order valence-corrected chi connectivity index (χ4v) is 3.21. The average molecular weight is 322 g/mol. The molecule has 1 fully saturated rings. The van der Waals surface area contributed by atoms with Gasteiger partial charge in [-0.05, 0) is 19.3 Å². The number of nitrogens with zero attached hydrogens (tertiary/aromatic N) is 3. The molecule has 2 rings (SSSR count). The third-order valence-corrected chi connectivity index (χ3v) is 4.47. The van der Waals surface area contributed by atoms with Crippen molar-refractivity contribution in [2.75, 3.05) is 31.7 Å². The quantitative estimate of drug-likeness (QED) is 0.787. The molecule has 1 saturated heterocycles. The Bertz CT molecular complexity index is 532. The van der Waals surface area contributed by atoms with Gasteiger partial charge in [-0.1, -0.05) is 19.8 Å². The molecule has 130 valence electrons. The van der Waals surface area contributed by atoms with E-state index in [0.29, 0.717) is 17.9 Å². The molecule has 1 aromatic rings. The maximum Gasteiger partial charge on any atom is 0.293 e. The largest absolute Gasteiger partial charge is 0.383 e. The lowest BCUT2D eigenvalue weighted by Crippen LogP contribution is -2.51. The van der Waals surface area contributed by atoms with Gasteiger partial charge in [0.1, 0.15) is 0 Å².